The van der Waals surface area contributed by atoms with Crippen molar-refractivity contribution in [3.05, 3.63) is 20.4 Å². The molecule has 2 nitrogen and oxygen atoms in total. The zero-order valence-corrected chi connectivity index (χ0v) is 10.1. The summed E-state index contributed by atoms with van der Waals surface area (Å²) in [6, 6.07) is 0. The van der Waals surface area contributed by atoms with E-state index >= 15 is 0 Å². The van der Waals surface area contributed by atoms with E-state index in [4.69, 9.17) is 46.4 Å². The van der Waals surface area contributed by atoms with Gasteiger partial charge in [-0.25, -0.2) is 4.98 Å². The Bertz CT molecular complexity index is 355. The van der Waals surface area contributed by atoms with Crippen molar-refractivity contribution in [2.75, 3.05) is 6.26 Å². The van der Waals surface area contributed by atoms with Crippen LogP contribution in [0, 0.1) is 0 Å². The summed E-state index contributed by atoms with van der Waals surface area (Å²) >= 11 is 22.7. The van der Waals surface area contributed by atoms with Crippen molar-refractivity contribution in [1.82, 2.24) is 4.98 Å². The van der Waals surface area contributed by atoms with Crippen LogP contribution >= 0.6 is 46.4 Å². The quantitative estimate of drug-likeness (QED) is 0.738. The van der Waals surface area contributed by atoms with Gasteiger partial charge in [-0.1, -0.05) is 46.4 Å². The summed E-state index contributed by atoms with van der Waals surface area (Å²) in [5, 5.41) is 0.163. The van der Waals surface area contributed by atoms with E-state index in [9.17, 15) is 4.21 Å². The van der Waals surface area contributed by atoms with Gasteiger partial charge in [0, 0.05) is 6.26 Å². The summed E-state index contributed by atoms with van der Waals surface area (Å²) in [4.78, 5) is 3.86. The second-order valence-electron chi connectivity index (χ2n) is 2.10. The van der Waals surface area contributed by atoms with E-state index in [-0.39, 0.29) is 25.2 Å². The van der Waals surface area contributed by atoms with Crippen LogP contribution in [0.4, 0.5) is 0 Å². The first-order chi connectivity index (χ1) is 5.95. The predicted molar refractivity (Wildman–Crippen MR) is 56.6 cm³/mol. The highest BCUT2D eigenvalue weighted by molar-refractivity contribution is 7.84. The van der Waals surface area contributed by atoms with Crippen LogP contribution < -0.4 is 0 Å². The van der Waals surface area contributed by atoms with Gasteiger partial charge in [0.2, 0.25) is 0 Å². The molecule has 72 valence electrons. The molecule has 1 heterocycles. The average Bonchev–Trinajstić information content (AvgIpc) is 2.01. The van der Waals surface area contributed by atoms with Gasteiger partial charge in [0.15, 0.2) is 10.3 Å². The first kappa shape index (κ1) is 11.5. The van der Waals surface area contributed by atoms with E-state index in [1.807, 2.05) is 0 Å². The van der Waals surface area contributed by atoms with Crippen molar-refractivity contribution in [1.29, 1.82) is 0 Å². The number of aromatic nitrogens is 1. The van der Waals surface area contributed by atoms with Crippen LogP contribution in [0.5, 0.6) is 0 Å². The first-order valence-corrected chi connectivity index (χ1v) is 6.05. The minimum Gasteiger partial charge on any atom is -0.255 e. The molecule has 0 amide bonds. The molecule has 0 aliphatic heterocycles. The van der Waals surface area contributed by atoms with E-state index in [1.165, 1.54) is 6.26 Å². The van der Waals surface area contributed by atoms with E-state index in [0.29, 0.717) is 0 Å². The number of pyridine rings is 1. The fourth-order valence-corrected chi connectivity index (χ4v) is 2.91. The summed E-state index contributed by atoms with van der Waals surface area (Å²) in [6.07, 6.45) is 1.43. The summed E-state index contributed by atoms with van der Waals surface area (Å²) in [6.45, 7) is 0. The van der Waals surface area contributed by atoms with E-state index < -0.39 is 10.8 Å². The van der Waals surface area contributed by atoms with Crippen LogP contribution in [0.3, 0.4) is 0 Å². The lowest BCUT2D eigenvalue weighted by molar-refractivity contribution is 0.686. The number of hydrogen-bond donors (Lipinski definition) is 0. The molecule has 0 saturated carbocycles. The van der Waals surface area contributed by atoms with E-state index in [0.717, 1.165) is 0 Å². The van der Waals surface area contributed by atoms with E-state index in [2.05, 4.69) is 4.98 Å². The SMILES string of the molecule is CS(=O)c1c(Cl)[13c](Cl)[15n][13c](Cl)c1Cl. The van der Waals surface area contributed by atoms with E-state index in [1.54, 1.807) is 0 Å². The highest BCUT2D eigenvalue weighted by atomic mass is 35.5. The molecule has 13 heavy (non-hydrogen) atoms. The van der Waals surface area contributed by atoms with Gasteiger partial charge in [-0.2, -0.15) is 0 Å². The molecule has 1 aromatic rings. The number of hydrogen-bond acceptors (Lipinski definition) is 2. The van der Waals surface area contributed by atoms with Gasteiger partial charge in [0.05, 0.1) is 25.7 Å². The van der Waals surface area contributed by atoms with Crippen LogP contribution in [0.25, 0.3) is 0 Å². The lowest BCUT2D eigenvalue weighted by atomic mass is 10.6. The van der Waals surface area contributed by atoms with Crippen molar-refractivity contribution in [3.8, 4) is 0 Å². The second kappa shape index (κ2) is 4.32. The molecule has 0 aromatic carbocycles. The smallest absolute Gasteiger partial charge is 0.150 e. The highest BCUT2D eigenvalue weighted by Gasteiger charge is 2.17. The molecule has 0 fully saturated rings. The zero-order chi connectivity index (χ0) is 10.2. The summed E-state index contributed by atoms with van der Waals surface area (Å²) < 4.78 is 11.2. The van der Waals surface area contributed by atoms with Gasteiger partial charge < -0.3 is 0 Å². The Morgan fingerprint density at radius 2 is 1.46 bits per heavy atom. The minimum absolute atomic E-state index is 0.00117. The molecule has 0 radical (unpaired) electrons. The standard InChI is InChI=1S/C6H3Cl4NOS/c1-13(12)4-2(7)5(9)11-6(10)3(4)8/h1H3/i5+1,6+1,11+1. The van der Waals surface area contributed by atoms with Gasteiger partial charge >= 0.3 is 0 Å². The molecule has 0 bridgehead atoms. The maximum Gasteiger partial charge on any atom is 0.150 e. The summed E-state index contributed by atoms with van der Waals surface area (Å²) in [7, 11) is -1.35. The van der Waals surface area contributed by atoms with Crippen molar-refractivity contribution in [2.24, 2.45) is 0 Å². The third kappa shape index (κ3) is 2.28. The van der Waals surface area contributed by atoms with Crippen molar-refractivity contribution in [3.63, 3.8) is 0 Å². The molecule has 0 aliphatic carbocycles. The minimum atomic E-state index is -1.35. The lowest BCUT2D eigenvalue weighted by Crippen LogP contribution is -1.94. The Morgan fingerprint density at radius 3 is 1.77 bits per heavy atom. The van der Waals surface area contributed by atoms with Crippen LogP contribution in [-0.4, -0.2) is 15.4 Å². The molecule has 0 saturated heterocycles. The van der Waals surface area contributed by atoms with Gasteiger partial charge in [0.25, 0.3) is 0 Å². The summed E-state index contributed by atoms with van der Waals surface area (Å²) in [5.41, 5.74) is 0. The molecule has 0 aliphatic rings. The van der Waals surface area contributed by atoms with Crippen LogP contribution in [-0.2, 0) is 10.8 Å². The Labute approximate surface area is 97.6 Å². The molecule has 1 rings (SSSR count). The van der Waals surface area contributed by atoms with Crippen molar-refractivity contribution in [2.45, 2.75) is 4.90 Å². The third-order valence-electron chi connectivity index (χ3n) is 1.24. The molecule has 1 unspecified atom stereocenters. The Balaban J connectivity index is 3.56. The Hall–Kier alpha value is 0.460. The Kier molecular flexibility index (Phi) is 3.83. The Morgan fingerprint density at radius 1 is 1.08 bits per heavy atom. The molecule has 7 heteroatoms. The van der Waals surface area contributed by atoms with Crippen LogP contribution in [0.2, 0.25) is 20.4 Å². The number of rotatable bonds is 1. The van der Waals surface area contributed by atoms with Crippen LogP contribution in [0.1, 0.15) is 0 Å². The second-order valence-corrected chi connectivity index (χ2v) is 4.89. The molecular formula is C6H3Cl4NOS. The largest absolute Gasteiger partial charge is 0.255 e. The summed E-state index contributed by atoms with van der Waals surface area (Å²) in [5.74, 6) is 0. The fraction of sp³-hybridized carbons (Fsp3) is 0.167. The van der Waals surface area contributed by atoms with Gasteiger partial charge in [0.1, 0.15) is 0 Å². The fourth-order valence-electron chi connectivity index (χ4n) is 0.720. The molecular weight excluding hydrogens is 279 g/mol. The molecule has 1 atom stereocenters. The monoisotopic (exact) mass is 280 g/mol. The van der Waals surface area contributed by atoms with Gasteiger partial charge in [-0.15, -0.1) is 0 Å². The predicted octanol–water partition coefficient (Wildman–Crippen LogP) is 3.43. The third-order valence-corrected chi connectivity index (χ3v) is 3.93. The number of nitrogens with zero attached hydrogens (tertiary/aromatic N) is 1. The first-order valence-electron chi connectivity index (χ1n) is 2.98. The topological polar surface area (TPSA) is 30.0 Å². The molecule has 0 spiro atoms. The van der Waals surface area contributed by atoms with Crippen molar-refractivity contribution < 1.29 is 4.21 Å². The maximum absolute atomic E-state index is 11.2. The highest BCUT2D eigenvalue weighted by Crippen LogP contribution is 2.36. The van der Waals surface area contributed by atoms with Crippen molar-refractivity contribution >= 4 is 57.2 Å². The lowest BCUT2D eigenvalue weighted by Gasteiger charge is -2.05. The average molecular weight is 282 g/mol. The molecule has 0 N–H and O–H groups in total. The van der Waals surface area contributed by atoms with Gasteiger partial charge in [-0.3, -0.25) is 4.21 Å². The maximum atomic E-state index is 11.2. The van der Waals surface area contributed by atoms with Gasteiger partial charge in [-0.05, 0) is 0 Å². The van der Waals surface area contributed by atoms with Crippen LogP contribution in [0.15, 0.2) is 4.90 Å². The number of halogens is 4. The normalized spacial score (nSPS) is 13.0. The molecule has 1 aromatic heterocycles. The zero-order valence-electron chi connectivity index (χ0n) is 6.28.